The smallest absolute Gasteiger partial charge is 0.209 e. The maximum Gasteiger partial charge on any atom is 0.209 e. The fourth-order valence-electron chi connectivity index (χ4n) is 0.450. The first-order chi connectivity index (χ1) is 4.33. The molecule has 4 heteroatoms. The van der Waals surface area contributed by atoms with E-state index in [1.165, 1.54) is 11.8 Å². The first-order valence-corrected chi connectivity index (χ1v) is 3.75. The van der Waals surface area contributed by atoms with Crippen LogP contribution in [0.5, 0.6) is 0 Å². The SMILES string of the molecule is CSc1nncc(C)n1. The average molecular weight is 141 g/mol. The Bertz CT molecular complexity index is 201. The van der Waals surface area contributed by atoms with Gasteiger partial charge in [-0.25, -0.2) is 4.98 Å². The first kappa shape index (κ1) is 6.48. The standard InChI is InChI=1S/C5H7N3S/c1-4-3-6-8-5(7-4)9-2/h3H,1-2H3. The molecule has 0 aromatic carbocycles. The van der Waals surface area contributed by atoms with Crippen LogP contribution in [-0.4, -0.2) is 21.4 Å². The van der Waals surface area contributed by atoms with Gasteiger partial charge in [0.2, 0.25) is 5.16 Å². The van der Waals surface area contributed by atoms with Crippen LogP contribution in [0.4, 0.5) is 0 Å². The molecule has 0 aliphatic heterocycles. The highest BCUT2D eigenvalue weighted by Gasteiger charge is 1.91. The van der Waals surface area contributed by atoms with Crippen LogP contribution in [0.1, 0.15) is 5.69 Å². The molecule has 0 saturated heterocycles. The number of hydrogen-bond donors (Lipinski definition) is 0. The minimum atomic E-state index is 0.731. The summed E-state index contributed by atoms with van der Waals surface area (Å²) in [6, 6.07) is 0. The average Bonchev–Trinajstić information content (AvgIpc) is 1.88. The number of thioether (sulfide) groups is 1. The largest absolute Gasteiger partial charge is 0.225 e. The molecule has 3 nitrogen and oxygen atoms in total. The molecule has 0 atom stereocenters. The van der Waals surface area contributed by atoms with Crippen molar-refractivity contribution in [2.75, 3.05) is 6.26 Å². The predicted molar refractivity (Wildman–Crippen MR) is 36.3 cm³/mol. The van der Waals surface area contributed by atoms with E-state index in [-0.39, 0.29) is 0 Å². The van der Waals surface area contributed by atoms with Crippen LogP contribution in [0.2, 0.25) is 0 Å². The zero-order valence-electron chi connectivity index (χ0n) is 5.33. The zero-order valence-corrected chi connectivity index (χ0v) is 6.14. The Hall–Kier alpha value is -0.640. The Balaban J connectivity index is 2.94. The lowest BCUT2D eigenvalue weighted by Gasteiger charge is -1.91. The van der Waals surface area contributed by atoms with Crippen molar-refractivity contribution < 1.29 is 0 Å². The molecule has 0 amide bonds. The van der Waals surface area contributed by atoms with Crippen LogP contribution >= 0.6 is 11.8 Å². The Morgan fingerprint density at radius 3 is 2.78 bits per heavy atom. The molecule has 1 heterocycles. The van der Waals surface area contributed by atoms with Crippen molar-refractivity contribution >= 4 is 11.8 Å². The van der Waals surface area contributed by atoms with E-state index >= 15 is 0 Å². The van der Waals surface area contributed by atoms with Crippen LogP contribution in [0.15, 0.2) is 11.4 Å². The molecule has 1 aromatic heterocycles. The summed E-state index contributed by atoms with van der Waals surface area (Å²) in [5.74, 6) is 0. The Morgan fingerprint density at radius 2 is 2.33 bits per heavy atom. The predicted octanol–water partition coefficient (Wildman–Crippen LogP) is 0.902. The first-order valence-electron chi connectivity index (χ1n) is 2.53. The molecule has 0 aliphatic rings. The molecular formula is C5H7N3S. The van der Waals surface area contributed by atoms with Gasteiger partial charge in [0, 0.05) is 0 Å². The summed E-state index contributed by atoms with van der Waals surface area (Å²) in [6.45, 7) is 1.90. The van der Waals surface area contributed by atoms with Crippen LogP contribution in [0, 0.1) is 6.92 Å². The topological polar surface area (TPSA) is 38.7 Å². The molecule has 0 aliphatic carbocycles. The molecule has 0 radical (unpaired) electrons. The van der Waals surface area contributed by atoms with Crippen molar-refractivity contribution in [3.05, 3.63) is 11.9 Å². The van der Waals surface area contributed by atoms with E-state index in [1.54, 1.807) is 6.20 Å². The fourth-order valence-corrected chi connectivity index (χ4v) is 0.814. The molecule has 0 N–H and O–H groups in total. The monoisotopic (exact) mass is 141 g/mol. The fraction of sp³-hybridized carbons (Fsp3) is 0.400. The minimum absolute atomic E-state index is 0.731. The summed E-state index contributed by atoms with van der Waals surface area (Å²) in [7, 11) is 0. The van der Waals surface area contributed by atoms with Crippen LogP contribution in [-0.2, 0) is 0 Å². The second-order valence-corrected chi connectivity index (χ2v) is 2.36. The summed E-state index contributed by atoms with van der Waals surface area (Å²) in [5, 5.41) is 8.21. The maximum atomic E-state index is 4.08. The molecule has 0 saturated carbocycles. The zero-order chi connectivity index (χ0) is 6.69. The molecule has 48 valence electrons. The van der Waals surface area contributed by atoms with Crippen molar-refractivity contribution in [3.63, 3.8) is 0 Å². The van der Waals surface area contributed by atoms with E-state index in [9.17, 15) is 0 Å². The molecule has 1 aromatic rings. The Morgan fingerprint density at radius 1 is 1.56 bits per heavy atom. The molecule has 9 heavy (non-hydrogen) atoms. The summed E-state index contributed by atoms with van der Waals surface area (Å²) in [5.41, 5.74) is 0.911. The van der Waals surface area contributed by atoms with Gasteiger partial charge in [-0.3, -0.25) is 0 Å². The van der Waals surface area contributed by atoms with E-state index in [2.05, 4.69) is 15.2 Å². The van der Waals surface area contributed by atoms with Crippen LogP contribution < -0.4 is 0 Å². The van der Waals surface area contributed by atoms with Gasteiger partial charge in [0.05, 0.1) is 11.9 Å². The van der Waals surface area contributed by atoms with Gasteiger partial charge in [-0.1, -0.05) is 11.8 Å². The molecule has 1 rings (SSSR count). The minimum Gasteiger partial charge on any atom is -0.225 e. The van der Waals surface area contributed by atoms with Crippen LogP contribution in [0.25, 0.3) is 0 Å². The highest BCUT2D eigenvalue weighted by atomic mass is 32.2. The van der Waals surface area contributed by atoms with Crippen LogP contribution in [0.3, 0.4) is 0 Å². The van der Waals surface area contributed by atoms with Gasteiger partial charge in [0.15, 0.2) is 0 Å². The summed E-state index contributed by atoms with van der Waals surface area (Å²) in [6.07, 6.45) is 3.57. The molecule has 0 fully saturated rings. The van der Waals surface area contributed by atoms with Gasteiger partial charge >= 0.3 is 0 Å². The van der Waals surface area contributed by atoms with Crippen molar-refractivity contribution in [2.45, 2.75) is 12.1 Å². The Labute approximate surface area is 57.9 Å². The van der Waals surface area contributed by atoms with E-state index < -0.39 is 0 Å². The highest BCUT2D eigenvalue weighted by Crippen LogP contribution is 2.04. The van der Waals surface area contributed by atoms with Gasteiger partial charge < -0.3 is 0 Å². The second kappa shape index (κ2) is 2.77. The van der Waals surface area contributed by atoms with Gasteiger partial charge in [-0.15, -0.1) is 5.10 Å². The normalized spacial score (nSPS) is 9.56. The highest BCUT2D eigenvalue weighted by molar-refractivity contribution is 7.98. The maximum absolute atomic E-state index is 4.08. The van der Waals surface area contributed by atoms with Gasteiger partial charge in [-0.2, -0.15) is 5.10 Å². The summed E-state index contributed by atoms with van der Waals surface area (Å²) < 4.78 is 0. The van der Waals surface area contributed by atoms with E-state index in [0.29, 0.717) is 0 Å². The lowest BCUT2D eigenvalue weighted by Crippen LogP contribution is -1.90. The van der Waals surface area contributed by atoms with Gasteiger partial charge in [0.25, 0.3) is 0 Å². The number of aryl methyl sites for hydroxylation is 1. The van der Waals surface area contributed by atoms with Crippen molar-refractivity contribution in [1.82, 2.24) is 15.2 Å². The molecular weight excluding hydrogens is 134 g/mol. The quantitative estimate of drug-likeness (QED) is 0.545. The van der Waals surface area contributed by atoms with E-state index in [0.717, 1.165) is 10.9 Å². The summed E-state index contributed by atoms with van der Waals surface area (Å²) >= 11 is 1.50. The molecule has 0 unspecified atom stereocenters. The number of rotatable bonds is 1. The Kier molecular flexibility index (Phi) is 2.00. The number of aromatic nitrogens is 3. The summed E-state index contributed by atoms with van der Waals surface area (Å²) in [4.78, 5) is 4.08. The molecule has 0 bridgehead atoms. The third kappa shape index (κ3) is 1.64. The number of nitrogens with zero attached hydrogens (tertiary/aromatic N) is 3. The van der Waals surface area contributed by atoms with Crippen molar-refractivity contribution in [3.8, 4) is 0 Å². The second-order valence-electron chi connectivity index (χ2n) is 1.58. The third-order valence-electron chi connectivity index (χ3n) is 0.842. The lowest BCUT2D eigenvalue weighted by atomic mass is 10.6. The van der Waals surface area contributed by atoms with Gasteiger partial charge in [0.1, 0.15) is 0 Å². The van der Waals surface area contributed by atoms with E-state index in [1.807, 2.05) is 13.2 Å². The molecule has 0 spiro atoms. The van der Waals surface area contributed by atoms with E-state index in [4.69, 9.17) is 0 Å². The van der Waals surface area contributed by atoms with Crippen molar-refractivity contribution in [1.29, 1.82) is 0 Å². The lowest BCUT2D eigenvalue weighted by molar-refractivity contribution is 0.817. The van der Waals surface area contributed by atoms with Gasteiger partial charge in [-0.05, 0) is 13.2 Å². The third-order valence-corrected chi connectivity index (χ3v) is 1.38. The van der Waals surface area contributed by atoms with Crippen molar-refractivity contribution in [2.24, 2.45) is 0 Å². The number of hydrogen-bond acceptors (Lipinski definition) is 4.